The summed E-state index contributed by atoms with van der Waals surface area (Å²) in [5.74, 6) is 1.77. The summed E-state index contributed by atoms with van der Waals surface area (Å²) in [4.78, 5) is 0.379. The summed E-state index contributed by atoms with van der Waals surface area (Å²) in [7, 11) is -1.66. The highest BCUT2D eigenvalue weighted by Crippen LogP contribution is 2.48. The van der Waals surface area contributed by atoms with E-state index in [1.807, 2.05) is 18.7 Å². The second-order valence-corrected chi connectivity index (χ2v) is 10.9. The molecule has 3 heterocycles. The van der Waals surface area contributed by atoms with Crippen LogP contribution in [0, 0.1) is 19.8 Å². The molecule has 0 N–H and O–H groups in total. The molecule has 1 saturated carbocycles. The summed E-state index contributed by atoms with van der Waals surface area (Å²) >= 11 is 1.89. The molecule has 2 saturated heterocycles. The Kier molecular flexibility index (Phi) is 4.02. The van der Waals surface area contributed by atoms with E-state index in [-0.39, 0.29) is 4.75 Å². The van der Waals surface area contributed by atoms with Crippen LogP contribution in [0.4, 0.5) is 0 Å². The number of aromatic nitrogens is 2. The zero-order valence-electron chi connectivity index (χ0n) is 14.5. The van der Waals surface area contributed by atoms with Crippen molar-refractivity contribution in [3.05, 3.63) is 11.4 Å². The maximum absolute atomic E-state index is 12.9. The van der Waals surface area contributed by atoms with Gasteiger partial charge in [-0.3, -0.25) is 4.68 Å². The molecule has 3 aliphatic rings. The smallest absolute Gasteiger partial charge is 0.246 e. The third-order valence-corrected chi connectivity index (χ3v) is 9.03. The predicted octanol–water partition coefficient (Wildman–Crippen LogP) is 1.71. The Morgan fingerprint density at radius 3 is 2.62 bits per heavy atom. The van der Waals surface area contributed by atoms with Crippen molar-refractivity contribution in [2.45, 2.75) is 48.9 Å². The molecular formula is C16H25N3O3S2. The normalized spacial score (nSPS) is 26.9. The lowest BCUT2D eigenvalue weighted by molar-refractivity contribution is 0.0446. The largest absolute Gasteiger partial charge is 0.377 e. The summed E-state index contributed by atoms with van der Waals surface area (Å²) in [6, 6.07) is 0. The molecule has 1 atom stereocenters. The van der Waals surface area contributed by atoms with Gasteiger partial charge in [0.25, 0.3) is 0 Å². The van der Waals surface area contributed by atoms with E-state index >= 15 is 0 Å². The van der Waals surface area contributed by atoms with Gasteiger partial charge in [-0.05, 0) is 39.0 Å². The van der Waals surface area contributed by atoms with E-state index < -0.39 is 10.0 Å². The highest BCUT2D eigenvalue weighted by atomic mass is 32.2. The second kappa shape index (κ2) is 5.72. The second-order valence-electron chi connectivity index (χ2n) is 7.49. The van der Waals surface area contributed by atoms with Gasteiger partial charge < -0.3 is 4.74 Å². The van der Waals surface area contributed by atoms with Gasteiger partial charge in [-0.2, -0.15) is 9.40 Å². The van der Waals surface area contributed by atoms with Crippen molar-refractivity contribution in [2.75, 3.05) is 25.4 Å². The van der Waals surface area contributed by atoms with Gasteiger partial charge in [-0.1, -0.05) is 0 Å². The third-order valence-electron chi connectivity index (χ3n) is 5.41. The van der Waals surface area contributed by atoms with Crippen LogP contribution in [-0.4, -0.2) is 58.8 Å². The van der Waals surface area contributed by atoms with Gasteiger partial charge in [-0.15, -0.1) is 11.8 Å². The Hall–Kier alpha value is -0.570. The maximum Gasteiger partial charge on any atom is 0.246 e. The number of ether oxygens (including phenoxy) is 1. The standard InChI is InChI=1S/C16H25N3O3S2/c1-11-15(12(2)18(3)17-11)24(20,21)19-9-16(10-19)6-14(8-23-16)22-7-13-4-5-13/h13-14H,4-10H2,1-3H3. The lowest BCUT2D eigenvalue weighted by atomic mass is 9.95. The predicted molar refractivity (Wildman–Crippen MR) is 93.7 cm³/mol. The molecule has 3 fully saturated rings. The molecule has 1 aliphatic carbocycles. The van der Waals surface area contributed by atoms with Gasteiger partial charge in [0, 0.05) is 37.2 Å². The minimum Gasteiger partial charge on any atom is -0.377 e. The lowest BCUT2D eigenvalue weighted by Crippen LogP contribution is -2.60. The number of aryl methyl sites for hydroxylation is 2. The van der Waals surface area contributed by atoms with Crippen LogP contribution in [0.25, 0.3) is 0 Å². The van der Waals surface area contributed by atoms with Gasteiger partial charge in [0.2, 0.25) is 10.0 Å². The molecule has 1 unspecified atom stereocenters. The maximum atomic E-state index is 12.9. The Balaban J connectivity index is 1.41. The van der Waals surface area contributed by atoms with Crippen LogP contribution < -0.4 is 0 Å². The van der Waals surface area contributed by atoms with E-state index in [1.54, 1.807) is 23.0 Å². The first-order chi connectivity index (χ1) is 11.3. The fourth-order valence-electron chi connectivity index (χ4n) is 3.71. The number of hydrogen-bond donors (Lipinski definition) is 0. The number of thioether (sulfide) groups is 1. The van der Waals surface area contributed by atoms with E-state index in [0.717, 1.165) is 24.7 Å². The first-order valence-corrected chi connectivity index (χ1v) is 11.0. The van der Waals surface area contributed by atoms with Gasteiger partial charge >= 0.3 is 0 Å². The van der Waals surface area contributed by atoms with E-state index in [2.05, 4.69) is 5.10 Å². The zero-order valence-corrected chi connectivity index (χ0v) is 16.1. The molecule has 24 heavy (non-hydrogen) atoms. The quantitative estimate of drug-likeness (QED) is 0.788. The molecule has 0 radical (unpaired) electrons. The van der Waals surface area contributed by atoms with Crippen molar-refractivity contribution in [1.29, 1.82) is 0 Å². The van der Waals surface area contributed by atoms with E-state index in [4.69, 9.17) is 4.74 Å². The van der Waals surface area contributed by atoms with Crippen molar-refractivity contribution >= 4 is 21.8 Å². The van der Waals surface area contributed by atoms with Gasteiger partial charge in [0.15, 0.2) is 0 Å². The Bertz CT molecular complexity index is 749. The Morgan fingerprint density at radius 2 is 2.04 bits per heavy atom. The average molecular weight is 372 g/mol. The molecule has 0 bridgehead atoms. The SMILES string of the molecule is Cc1nn(C)c(C)c1S(=O)(=O)N1CC2(CC(OCC3CC3)CS2)C1. The molecule has 2 aliphatic heterocycles. The van der Waals surface area contributed by atoms with Crippen molar-refractivity contribution in [3.8, 4) is 0 Å². The summed E-state index contributed by atoms with van der Waals surface area (Å²) in [6.07, 6.45) is 3.88. The molecule has 1 aromatic rings. The number of hydrogen-bond acceptors (Lipinski definition) is 5. The van der Waals surface area contributed by atoms with Crippen LogP contribution in [0.3, 0.4) is 0 Å². The van der Waals surface area contributed by atoms with Gasteiger partial charge in [-0.25, -0.2) is 8.42 Å². The number of rotatable bonds is 5. The van der Waals surface area contributed by atoms with Crippen LogP contribution in [0.2, 0.25) is 0 Å². The number of nitrogens with zero attached hydrogens (tertiary/aromatic N) is 3. The monoisotopic (exact) mass is 371 g/mol. The highest BCUT2D eigenvalue weighted by Gasteiger charge is 2.54. The third kappa shape index (κ3) is 2.81. The van der Waals surface area contributed by atoms with E-state index in [1.165, 1.54) is 12.8 Å². The first-order valence-electron chi connectivity index (χ1n) is 8.57. The van der Waals surface area contributed by atoms with Crippen molar-refractivity contribution in [2.24, 2.45) is 13.0 Å². The topological polar surface area (TPSA) is 64.4 Å². The van der Waals surface area contributed by atoms with Crippen LogP contribution in [0.15, 0.2) is 4.90 Å². The molecule has 8 heteroatoms. The molecule has 1 spiro atoms. The summed E-state index contributed by atoms with van der Waals surface area (Å²) in [5.41, 5.74) is 1.29. The molecule has 6 nitrogen and oxygen atoms in total. The van der Waals surface area contributed by atoms with Crippen molar-refractivity contribution in [1.82, 2.24) is 14.1 Å². The van der Waals surface area contributed by atoms with E-state index in [9.17, 15) is 8.42 Å². The van der Waals surface area contributed by atoms with Crippen molar-refractivity contribution < 1.29 is 13.2 Å². The molecule has 0 aromatic carbocycles. The fourth-order valence-corrected chi connectivity index (χ4v) is 7.44. The van der Waals surface area contributed by atoms with Crippen LogP contribution in [0.5, 0.6) is 0 Å². The molecular weight excluding hydrogens is 346 g/mol. The molecule has 1 aromatic heterocycles. The van der Waals surface area contributed by atoms with Gasteiger partial charge in [0.05, 0.1) is 17.5 Å². The minimum absolute atomic E-state index is 0.0608. The van der Waals surface area contributed by atoms with Crippen LogP contribution >= 0.6 is 11.8 Å². The zero-order chi connectivity index (χ0) is 17.1. The molecule has 4 rings (SSSR count). The summed E-state index contributed by atoms with van der Waals surface area (Å²) < 4.78 is 35.2. The Morgan fingerprint density at radius 1 is 1.33 bits per heavy atom. The summed E-state index contributed by atoms with van der Waals surface area (Å²) in [5, 5.41) is 4.25. The lowest BCUT2D eigenvalue weighted by Gasteiger charge is -2.46. The van der Waals surface area contributed by atoms with E-state index in [0.29, 0.717) is 35.5 Å². The first kappa shape index (κ1) is 16.9. The van der Waals surface area contributed by atoms with Crippen LogP contribution in [-0.2, 0) is 21.8 Å². The van der Waals surface area contributed by atoms with Crippen molar-refractivity contribution in [3.63, 3.8) is 0 Å². The number of sulfonamides is 1. The highest BCUT2D eigenvalue weighted by molar-refractivity contribution is 8.01. The Labute approximate surface area is 148 Å². The van der Waals surface area contributed by atoms with Crippen LogP contribution in [0.1, 0.15) is 30.7 Å². The summed E-state index contributed by atoms with van der Waals surface area (Å²) in [6.45, 7) is 5.65. The minimum atomic E-state index is -3.44. The average Bonchev–Trinajstić information content (AvgIpc) is 3.13. The molecule has 0 amide bonds. The fraction of sp³-hybridized carbons (Fsp3) is 0.812. The molecule has 134 valence electrons. The van der Waals surface area contributed by atoms with Gasteiger partial charge in [0.1, 0.15) is 4.90 Å².